The van der Waals surface area contributed by atoms with Gasteiger partial charge >= 0.3 is 5.97 Å². The number of methoxy groups -OCH3 is 3. The van der Waals surface area contributed by atoms with Crippen LogP contribution in [0.4, 0.5) is 0 Å². The summed E-state index contributed by atoms with van der Waals surface area (Å²) in [5.41, 5.74) is 3.98. The molecule has 5 rings (SSSR count). The predicted molar refractivity (Wildman–Crippen MR) is 179 cm³/mol. The van der Waals surface area contributed by atoms with Crippen LogP contribution in [0.15, 0.2) is 85.2 Å². The van der Waals surface area contributed by atoms with Crippen LogP contribution in [0, 0.1) is 0 Å². The number of likely N-dealkylation sites (N-methyl/N-ethyl adjacent to an activating group) is 1. The summed E-state index contributed by atoms with van der Waals surface area (Å²) in [5, 5.41) is 0. The van der Waals surface area contributed by atoms with Crippen molar-refractivity contribution >= 4 is 17.7 Å². The lowest BCUT2D eigenvalue weighted by Crippen LogP contribution is -2.46. The second-order valence-electron chi connectivity index (χ2n) is 11.5. The quantitative estimate of drug-likeness (QED) is 0.0927. The number of hydrogen-bond acceptors (Lipinski definition) is 9. The minimum absolute atomic E-state index is 0.0389. The number of amides is 1. The third kappa shape index (κ3) is 7.94. The molecular weight excluding hydrogens is 612 g/mol. The molecule has 10 nitrogen and oxygen atoms in total. The van der Waals surface area contributed by atoms with E-state index in [1.54, 1.807) is 12.4 Å². The Morgan fingerprint density at radius 3 is 2.25 bits per heavy atom. The first-order chi connectivity index (χ1) is 23.3. The minimum atomic E-state index is -1.03. The van der Waals surface area contributed by atoms with E-state index in [2.05, 4.69) is 4.98 Å². The van der Waals surface area contributed by atoms with Crippen LogP contribution in [0.2, 0.25) is 0 Å². The van der Waals surface area contributed by atoms with Crippen molar-refractivity contribution in [2.24, 2.45) is 0 Å². The maximum Gasteiger partial charge on any atom is 0.329 e. The summed E-state index contributed by atoms with van der Waals surface area (Å²) in [6.07, 6.45) is 5.97. The second-order valence-corrected chi connectivity index (χ2v) is 11.5. The van der Waals surface area contributed by atoms with Crippen LogP contribution in [0.1, 0.15) is 58.0 Å². The molecule has 1 aromatic heterocycles. The first-order valence-corrected chi connectivity index (χ1v) is 15.8. The molecule has 0 saturated carbocycles. The molecule has 0 fully saturated rings. The fraction of sp³-hybridized carbons (Fsp3) is 0.316. The van der Waals surface area contributed by atoms with E-state index in [9.17, 15) is 14.4 Å². The van der Waals surface area contributed by atoms with Gasteiger partial charge in [-0.25, -0.2) is 4.79 Å². The normalized spacial score (nSPS) is 14.2. The van der Waals surface area contributed by atoms with Gasteiger partial charge in [0.2, 0.25) is 5.75 Å². The smallest absolute Gasteiger partial charge is 0.329 e. The number of aryl methyl sites for hydroxylation is 2. The summed E-state index contributed by atoms with van der Waals surface area (Å²) in [6.45, 7) is 0.375. The number of carbonyl (C=O) groups excluding carboxylic acids is 3. The van der Waals surface area contributed by atoms with Gasteiger partial charge in [-0.1, -0.05) is 36.4 Å². The number of nitrogens with zero attached hydrogens (tertiary/aromatic N) is 2. The molecule has 10 heteroatoms. The lowest BCUT2D eigenvalue weighted by Gasteiger charge is -2.31. The molecule has 2 atom stereocenters. The number of benzene rings is 3. The molecule has 3 aromatic carbocycles. The number of Topliss-reactive ketones (excluding diaryl/α,β-unsaturated/α-hetero) is 1. The largest absolute Gasteiger partial charge is 0.493 e. The van der Waals surface area contributed by atoms with E-state index in [1.165, 1.54) is 45.4 Å². The Labute approximate surface area is 280 Å². The zero-order chi connectivity index (χ0) is 34.0. The number of fused-ring (bicyclic) bond motifs is 1. The number of hydrogen-bond donors (Lipinski definition) is 0. The maximum absolute atomic E-state index is 14.0. The van der Waals surface area contributed by atoms with Crippen molar-refractivity contribution in [1.29, 1.82) is 0 Å². The summed E-state index contributed by atoms with van der Waals surface area (Å²) < 4.78 is 28.3. The number of ketones is 1. The van der Waals surface area contributed by atoms with Gasteiger partial charge in [-0.05, 0) is 90.8 Å². The Bertz CT molecular complexity index is 1700. The fourth-order valence-electron chi connectivity index (χ4n) is 5.87. The molecule has 0 spiro atoms. The van der Waals surface area contributed by atoms with Gasteiger partial charge in [0, 0.05) is 25.0 Å². The van der Waals surface area contributed by atoms with E-state index in [4.69, 9.17) is 23.7 Å². The monoisotopic (exact) mass is 652 g/mol. The average Bonchev–Trinajstić information content (AvgIpc) is 3.13. The van der Waals surface area contributed by atoms with E-state index in [-0.39, 0.29) is 23.5 Å². The standard InChI is InChI=1S/C38H40N2O8/c1-40(37(42)35(41)28-21-33(44-2)36(46-4)34(22-28)45-3)31(16-13-25-9-6-5-7-10-25)38(43)48-32-12-8-11-27-14-15-29(23-30(27)32)47-24-26-17-19-39-20-18-26/h5-7,9-10,14-15,17-23,31-32H,8,11-13,16,24H2,1-4H3/t31-,32-/m0/s1. The van der Waals surface area contributed by atoms with Gasteiger partial charge in [0.1, 0.15) is 24.5 Å². The number of aromatic nitrogens is 1. The Morgan fingerprint density at radius 1 is 0.875 bits per heavy atom. The van der Waals surface area contributed by atoms with Crippen molar-refractivity contribution in [2.75, 3.05) is 28.4 Å². The lowest BCUT2D eigenvalue weighted by molar-refractivity contribution is -0.159. The molecular formula is C38H40N2O8. The predicted octanol–water partition coefficient (Wildman–Crippen LogP) is 5.95. The van der Waals surface area contributed by atoms with Crippen LogP contribution in [0.5, 0.6) is 23.0 Å². The molecule has 0 bridgehead atoms. The molecule has 48 heavy (non-hydrogen) atoms. The van der Waals surface area contributed by atoms with Gasteiger partial charge in [-0.3, -0.25) is 14.6 Å². The molecule has 1 heterocycles. The molecule has 0 unspecified atom stereocenters. The first kappa shape index (κ1) is 34.0. The molecule has 250 valence electrons. The van der Waals surface area contributed by atoms with Crippen molar-refractivity contribution in [1.82, 2.24) is 9.88 Å². The highest BCUT2D eigenvalue weighted by Crippen LogP contribution is 2.39. The number of rotatable bonds is 14. The molecule has 1 aliphatic carbocycles. The van der Waals surface area contributed by atoms with Gasteiger partial charge in [-0.15, -0.1) is 0 Å². The Hall–Kier alpha value is -5.38. The topological polar surface area (TPSA) is 113 Å². The molecule has 4 aromatic rings. The van der Waals surface area contributed by atoms with E-state index >= 15 is 0 Å². The second kappa shape index (κ2) is 15.9. The van der Waals surface area contributed by atoms with Crippen LogP contribution in [0.25, 0.3) is 0 Å². The summed E-state index contributed by atoms with van der Waals surface area (Å²) >= 11 is 0. The molecule has 0 saturated heterocycles. The zero-order valence-corrected chi connectivity index (χ0v) is 27.6. The van der Waals surface area contributed by atoms with Crippen molar-refractivity contribution in [3.05, 3.63) is 113 Å². The molecule has 1 aliphatic rings. The minimum Gasteiger partial charge on any atom is -0.493 e. The highest BCUT2D eigenvalue weighted by atomic mass is 16.5. The van der Waals surface area contributed by atoms with Crippen LogP contribution >= 0.6 is 0 Å². The number of esters is 1. The van der Waals surface area contributed by atoms with Gasteiger partial charge < -0.3 is 28.6 Å². The summed E-state index contributed by atoms with van der Waals surface area (Å²) in [6, 6.07) is 21.1. The lowest BCUT2D eigenvalue weighted by atomic mass is 9.89. The third-order valence-electron chi connectivity index (χ3n) is 8.52. The molecule has 0 radical (unpaired) electrons. The van der Waals surface area contributed by atoms with Crippen molar-refractivity contribution < 1.29 is 38.1 Å². The number of ether oxygens (including phenoxy) is 5. The first-order valence-electron chi connectivity index (χ1n) is 15.8. The van der Waals surface area contributed by atoms with Crippen molar-refractivity contribution in [3.8, 4) is 23.0 Å². The van der Waals surface area contributed by atoms with E-state index < -0.39 is 29.8 Å². The Balaban J connectivity index is 1.37. The van der Waals surface area contributed by atoms with E-state index in [0.717, 1.165) is 35.1 Å². The highest BCUT2D eigenvalue weighted by Gasteiger charge is 2.35. The van der Waals surface area contributed by atoms with Gasteiger partial charge in [0.15, 0.2) is 11.5 Å². The third-order valence-corrected chi connectivity index (χ3v) is 8.52. The van der Waals surface area contributed by atoms with E-state index in [1.807, 2.05) is 60.7 Å². The zero-order valence-electron chi connectivity index (χ0n) is 27.6. The Kier molecular flexibility index (Phi) is 11.3. The van der Waals surface area contributed by atoms with Crippen LogP contribution in [-0.4, -0.2) is 62.0 Å². The van der Waals surface area contributed by atoms with Gasteiger partial charge in [0.25, 0.3) is 11.7 Å². The SMILES string of the molecule is COc1cc(C(=O)C(=O)N(C)[C@@H](CCc2ccccc2)C(=O)O[C@H]2CCCc3ccc(OCc4ccncc4)cc32)cc(OC)c1OC. The maximum atomic E-state index is 14.0. The van der Waals surface area contributed by atoms with Crippen molar-refractivity contribution in [2.45, 2.75) is 50.9 Å². The molecule has 0 N–H and O–H groups in total. The van der Waals surface area contributed by atoms with Gasteiger partial charge in [-0.2, -0.15) is 0 Å². The summed E-state index contributed by atoms with van der Waals surface area (Å²) in [5.74, 6) is -0.854. The molecule has 1 amide bonds. The fourth-order valence-corrected chi connectivity index (χ4v) is 5.87. The number of pyridine rings is 1. The summed E-state index contributed by atoms with van der Waals surface area (Å²) in [4.78, 5) is 46.5. The van der Waals surface area contributed by atoms with Crippen LogP contribution in [0.3, 0.4) is 0 Å². The average molecular weight is 653 g/mol. The number of carbonyl (C=O) groups is 3. The Morgan fingerprint density at radius 2 is 1.58 bits per heavy atom. The van der Waals surface area contributed by atoms with Crippen molar-refractivity contribution in [3.63, 3.8) is 0 Å². The van der Waals surface area contributed by atoms with Crippen LogP contribution < -0.4 is 18.9 Å². The van der Waals surface area contributed by atoms with E-state index in [0.29, 0.717) is 30.9 Å². The summed E-state index contributed by atoms with van der Waals surface area (Å²) in [7, 11) is 5.75. The van der Waals surface area contributed by atoms with Gasteiger partial charge in [0.05, 0.1) is 21.3 Å². The van der Waals surface area contributed by atoms with Crippen LogP contribution in [-0.2, 0) is 33.8 Å². The molecule has 0 aliphatic heterocycles. The highest BCUT2D eigenvalue weighted by molar-refractivity contribution is 6.43.